The Morgan fingerprint density at radius 2 is 1.86 bits per heavy atom. The molecule has 0 spiro atoms. The van der Waals surface area contributed by atoms with Crippen LogP contribution in [0.2, 0.25) is 5.02 Å². The Kier molecular flexibility index (Phi) is 4.48. The highest BCUT2D eigenvalue weighted by Gasteiger charge is 2.13. The predicted octanol–water partition coefficient (Wildman–Crippen LogP) is 4.37. The Hall–Kier alpha value is -2.07. The smallest absolute Gasteiger partial charge is 0.336 e. The molecule has 0 saturated heterocycles. The lowest BCUT2D eigenvalue weighted by molar-refractivity contribution is 0.0693. The van der Waals surface area contributed by atoms with Crippen LogP contribution in [0.25, 0.3) is 0 Å². The fraction of sp³-hybridized carbons (Fsp3) is 0.188. The normalized spacial score (nSPS) is 10.5. The Morgan fingerprint density at radius 3 is 2.43 bits per heavy atom. The Balaban J connectivity index is 2.27. The van der Waals surface area contributed by atoms with Crippen LogP contribution in [-0.4, -0.2) is 11.1 Å². The molecule has 2 rings (SSSR count). The molecule has 0 aromatic heterocycles. The first-order valence-corrected chi connectivity index (χ1v) is 6.67. The fourth-order valence-corrected chi connectivity index (χ4v) is 2.48. The van der Waals surface area contributed by atoms with E-state index < -0.39 is 11.8 Å². The van der Waals surface area contributed by atoms with Gasteiger partial charge in [0, 0.05) is 10.6 Å². The minimum atomic E-state index is -1.18. The lowest BCUT2D eigenvalue weighted by Crippen LogP contribution is -2.07. The van der Waals surface area contributed by atoms with Gasteiger partial charge in [-0.2, -0.15) is 0 Å². The van der Waals surface area contributed by atoms with E-state index in [1.807, 2.05) is 13.8 Å². The largest absolute Gasteiger partial charge is 0.488 e. The summed E-state index contributed by atoms with van der Waals surface area (Å²) >= 11 is 5.95. The van der Waals surface area contributed by atoms with Crippen LogP contribution >= 0.6 is 11.6 Å². The summed E-state index contributed by atoms with van der Waals surface area (Å²) in [7, 11) is 0. The summed E-state index contributed by atoms with van der Waals surface area (Å²) in [6.45, 7) is 3.76. The molecule has 0 aliphatic heterocycles. The second-order valence-electron chi connectivity index (χ2n) is 4.76. The maximum Gasteiger partial charge on any atom is 0.336 e. The Morgan fingerprint density at radius 1 is 1.24 bits per heavy atom. The van der Waals surface area contributed by atoms with Crippen molar-refractivity contribution in [3.05, 3.63) is 63.4 Å². The van der Waals surface area contributed by atoms with Gasteiger partial charge in [-0.3, -0.25) is 0 Å². The summed E-state index contributed by atoms with van der Waals surface area (Å²) in [4.78, 5) is 11.1. The van der Waals surface area contributed by atoms with Gasteiger partial charge in [-0.25, -0.2) is 9.18 Å². The molecule has 3 nitrogen and oxygen atoms in total. The maximum atomic E-state index is 13.1. The van der Waals surface area contributed by atoms with E-state index in [0.717, 1.165) is 17.2 Å². The molecule has 2 aromatic rings. The van der Waals surface area contributed by atoms with E-state index in [1.165, 1.54) is 12.1 Å². The molecule has 110 valence electrons. The molecule has 0 unspecified atom stereocenters. The van der Waals surface area contributed by atoms with Crippen LogP contribution in [0.1, 0.15) is 27.0 Å². The number of carboxylic acids is 1. The van der Waals surface area contributed by atoms with Crippen molar-refractivity contribution in [1.82, 2.24) is 0 Å². The van der Waals surface area contributed by atoms with Crippen molar-refractivity contribution in [1.29, 1.82) is 0 Å². The highest BCUT2D eigenvalue weighted by Crippen LogP contribution is 2.28. The van der Waals surface area contributed by atoms with Crippen LogP contribution < -0.4 is 4.74 Å². The van der Waals surface area contributed by atoms with Gasteiger partial charge in [-0.05, 0) is 49.2 Å². The second kappa shape index (κ2) is 6.14. The first kappa shape index (κ1) is 15.3. The van der Waals surface area contributed by atoms with Gasteiger partial charge in [0.05, 0.1) is 5.56 Å². The quantitative estimate of drug-likeness (QED) is 0.912. The fourth-order valence-electron chi connectivity index (χ4n) is 2.15. The van der Waals surface area contributed by atoms with E-state index in [9.17, 15) is 9.18 Å². The van der Waals surface area contributed by atoms with Gasteiger partial charge >= 0.3 is 5.97 Å². The molecule has 0 radical (unpaired) electrons. The van der Waals surface area contributed by atoms with E-state index >= 15 is 0 Å². The zero-order valence-corrected chi connectivity index (χ0v) is 12.4. The third kappa shape index (κ3) is 3.52. The van der Waals surface area contributed by atoms with Crippen molar-refractivity contribution in [2.45, 2.75) is 20.5 Å². The van der Waals surface area contributed by atoms with Crippen LogP contribution in [0.4, 0.5) is 4.39 Å². The monoisotopic (exact) mass is 308 g/mol. The topological polar surface area (TPSA) is 46.5 Å². The summed E-state index contributed by atoms with van der Waals surface area (Å²) in [5.41, 5.74) is 2.04. The minimum absolute atomic E-state index is 0.0469. The van der Waals surface area contributed by atoms with E-state index in [1.54, 1.807) is 12.1 Å². The number of hydrogen-bond donors (Lipinski definition) is 1. The third-order valence-electron chi connectivity index (χ3n) is 3.10. The molecule has 5 heteroatoms. The molecule has 0 aliphatic rings. The average Bonchev–Trinajstić information content (AvgIpc) is 2.38. The van der Waals surface area contributed by atoms with E-state index in [0.29, 0.717) is 16.3 Å². The van der Waals surface area contributed by atoms with E-state index in [4.69, 9.17) is 21.4 Å². The molecule has 0 heterocycles. The molecule has 1 N–H and O–H groups in total. The van der Waals surface area contributed by atoms with Crippen molar-refractivity contribution < 1.29 is 19.0 Å². The van der Waals surface area contributed by atoms with Crippen molar-refractivity contribution in [2.24, 2.45) is 0 Å². The Bertz CT molecular complexity index is 675. The van der Waals surface area contributed by atoms with Crippen LogP contribution in [0.3, 0.4) is 0 Å². The van der Waals surface area contributed by atoms with Crippen LogP contribution in [0.5, 0.6) is 5.75 Å². The number of benzene rings is 2. The minimum Gasteiger partial charge on any atom is -0.488 e. The number of halogens is 2. The zero-order valence-electron chi connectivity index (χ0n) is 11.6. The highest BCUT2D eigenvalue weighted by molar-refractivity contribution is 6.30. The molecule has 0 amide bonds. The van der Waals surface area contributed by atoms with Gasteiger partial charge in [0.1, 0.15) is 18.2 Å². The lowest BCUT2D eigenvalue weighted by Gasteiger charge is -2.14. The van der Waals surface area contributed by atoms with Gasteiger partial charge in [0.15, 0.2) is 0 Å². The number of carboxylic acid groups (broad SMARTS) is 1. The van der Waals surface area contributed by atoms with Gasteiger partial charge in [-0.1, -0.05) is 17.7 Å². The zero-order chi connectivity index (χ0) is 15.6. The Labute approximate surface area is 126 Å². The average molecular weight is 309 g/mol. The lowest BCUT2D eigenvalue weighted by atomic mass is 10.1. The molecular formula is C16H14ClFO3. The first-order valence-electron chi connectivity index (χ1n) is 6.29. The molecular weight excluding hydrogens is 295 g/mol. The molecule has 21 heavy (non-hydrogen) atoms. The SMILES string of the molecule is Cc1cc(Cl)cc(C)c1OCc1ccc(F)cc1C(=O)O. The molecule has 2 aromatic carbocycles. The summed E-state index contributed by atoms with van der Waals surface area (Å²) in [5.74, 6) is -1.12. The number of rotatable bonds is 4. The molecule has 0 fully saturated rings. The van der Waals surface area contributed by atoms with Gasteiger partial charge < -0.3 is 9.84 Å². The first-order chi connectivity index (χ1) is 9.88. The predicted molar refractivity (Wildman–Crippen MR) is 78.6 cm³/mol. The highest BCUT2D eigenvalue weighted by atomic mass is 35.5. The third-order valence-corrected chi connectivity index (χ3v) is 3.32. The van der Waals surface area contributed by atoms with Crippen LogP contribution in [-0.2, 0) is 6.61 Å². The number of aromatic carboxylic acids is 1. The molecule has 0 bridgehead atoms. The van der Waals surface area contributed by atoms with Crippen molar-refractivity contribution in [2.75, 3.05) is 0 Å². The van der Waals surface area contributed by atoms with Crippen molar-refractivity contribution in [3.63, 3.8) is 0 Å². The van der Waals surface area contributed by atoms with Gasteiger partial charge in [0.25, 0.3) is 0 Å². The number of ether oxygens (including phenoxy) is 1. The molecule has 0 saturated carbocycles. The standard InChI is InChI=1S/C16H14ClFO3/c1-9-5-12(17)6-10(2)15(9)21-8-11-3-4-13(18)7-14(11)16(19)20/h3-7H,8H2,1-2H3,(H,19,20). The van der Waals surface area contributed by atoms with Gasteiger partial charge in [-0.15, -0.1) is 0 Å². The van der Waals surface area contributed by atoms with Crippen LogP contribution in [0, 0.1) is 19.7 Å². The molecule has 0 atom stereocenters. The van der Waals surface area contributed by atoms with Crippen molar-refractivity contribution >= 4 is 17.6 Å². The van der Waals surface area contributed by atoms with Crippen LogP contribution in [0.15, 0.2) is 30.3 Å². The second-order valence-corrected chi connectivity index (χ2v) is 5.20. The summed E-state index contributed by atoms with van der Waals surface area (Å²) < 4.78 is 18.8. The van der Waals surface area contributed by atoms with Crippen molar-refractivity contribution in [3.8, 4) is 5.75 Å². The van der Waals surface area contributed by atoms with E-state index in [-0.39, 0.29) is 12.2 Å². The summed E-state index contributed by atoms with van der Waals surface area (Å²) in [5, 5.41) is 9.71. The van der Waals surface area contributed by atoms with Gasteiger partial charge in [0.2, 0.25) is 0 Å². The molecule has 0 aliphatic carbocycles. The summed E-state index contributed by atoms with van der Waals surface area (Å²) in [6, 6.07) is 7.16. The number of hydrogen-bond acceptors (Lipinski definition) is 2. The maximum absolute atomic E-state index is 13.1. The number of carbonyl (C=O) groups is 1. The summed E-state index contributed by atoms with van der Waals surface area (Å²) in [6.07, 6.45) is 0. The number of aryl methyl sites for hydroxylation is 2. The van der Waals surface area contributed by atoms with E-state index in [2.05, 4.69) is 0 Å².